The van der Waals surface area contributed by atoms with Gasteiger partial charge in [-0.2, -0.15) is 0 Å². The van der Waals surface area contributed by atoms with Crippen LogP contribution in [-0.4, -0.2) is 33.6 Å². The van der Waals surface area contributed by atoms with E-state index in [-0.39, 0.29) is 18.9 Å². The predicted octanol–water partition coefficient (Wildman–Crippen LogP) is 4.61. The Bertz CT molecular complexity index is 1320. The topological polar surface area (TPSA) is 115 Å². The van der Waals surface area contributed by atoms with Gasteiger partial charge in [-0.25, -0.2) is 4.98 Å². The second-order valence-electron chi connectivity index (χ2n) is 8.22. The highest BCUT2D eigenvalue weighted by atomic mass is 16.5. The molecule has 36 heavy (non-hydrogen) atoms. The van der Waals surface area contributed by atoms with E-state index in [2.05, 4.69) is 15.3 Å². The average Bonchev–Trinajstić information content (AvgIpc) is 3.28. The van der Waals surface area contributed by atoms with E-state index in [1.165, 1.54) is 0 Å². The van der Waals surface area contributed by atoms with Crippen LogP contribution in [0.4, 0.5) is 0 Å². The van der Waals surface area contributed by atoms with Crippen LogP contribution in [0.2, 0.25) is 0 Å². The number of amides is 1. The number of benzene rings is 2. The van der Waals surface area contributed by atoms with Crippen molar-refractivity contribution >= 4 is 11.9 Å². The minimum absolute atomic E-state index is 0.0229. The number of ether oxygens (including phenoxy) is 1. The van der Waals surface area contributed by atoms with Gasteiger partial charge in [0.2, 0.25) is 5.89 Å². The molecule has 2 aromatic heterocycles. The van der Waals surface area contributed by atoms with Gasteiger partial charge in [0.25, 0.3) is 5.91 Å². The number of aliphatic carboxylic acids is 1. The Kier molecular flexibility index (Phi) is 8.08. The molecule has 4 aromatic rings. The summed E-state index contributed by atoms with van der Waals surface area (Å²) in [6, 6.07) is 20.4. The van der Waals surface area contributed by atoms with Gasteiger partial charge in [0, 0.05) is 36.7 Å². The molecular weight excluding hydrogens is 458 g/mol. The molecule has 4 rings (SSSR count). The molecule has 8 heteroatoms. The lowest BCUT2D eigenvalue weighted by molar-refractivity contribution is -0.136. The average molecular weight is 486 g/mol. The van der Waals surface area contributed by atoms with Gasteiger partial charge in [-0.3, -0.25) is 14.6 Å². The highest BCUT2D eigenvalue weighted by molar-refractivity contribution is 5.92. The smallest absolute Gasteiger partial charge is 0.303 e. The molecule has 2 heterocycles. The molecule has 0 bridgehead atoms. The van der Waals surface area contributed by atoms with Gasteiger partial charge in [-0.1, -0.05) is 36.4 Å². The van der Waals surface area contributed by atoms with Gasteiger partial charge in [-0.05, 0) is 49.2 Å². The van der Waals surface area contributed by atoms with Crippen LogP contribution in [0.5, 0.6) is 5.75 Å². The molecule has 0 aliphatic rings. The molecule has 8 nitrogen and oxygen atoms in total. The number of oxazole rings is 1. The summed E-state index contributed by atoms with van der Waals surface area (Å²) in [6.45, 7) is 2.45. The molecule has 0 fully saturated rings. The van der Waals surface area contributed by atoms with Crippen LogP contribution in [0.3, 0.4) is 0 Å². The number of pyridine rings is 1. The molecule has 0 aliphatic heterocycles. The lowest BCUT2D eigenvalue weighted by Gasteiger charge is -2.14. The summed E-state index contributed by atoms with van der Waals surface area (Å²) in [6.07, 6.45) is 2.51. The fraction of sp³-hybridized carbons (Fsp3) is 0.214. The van der Waals surface area contributed by atoms with Crippen molar-refractivity contribution in [1.29, 1.82) is 0 Å². The van der Waals surface area contributed by atoms with Gasteiger partial charge in [0.15, 0.2) is 0 Å². The van der Waals surface area contributed by atoms with Crippen molar-refractivity contribution in [1.82, 2.24) is 15.3 Å². The summed E-state index contributed by atoms with van der Waals surface area (Å²) in [4.78, 5) is 32.2. The third kappa shape index (κ3) is 6.56. The van der Waals surface area contributed by atoms with Crippen molar-refractivity contribution < 1.29 is 23.8 Å². The molecule has 0 atom stereocenters. The highest BCUT2D eigenvalue weighted by Gasteiger charge is 2.14. The van der Waals surface area contributed by atoms with E-state index in [9.17, 15) is 9.59 Å². The first-order chi connectivity index (χ1) is 17.5. The molecule has 1 amide bonds. The fourth-order valence-electron chi connectivity index (χ4n) is 3.70. The van der Waals surface area contributed by atoms with Crippen LogP contribution >= 0.6 is 0 Å². The van der Waals surface area contributed by atoms with Gasteiger partial charge >= 0.3 is 5.97 Å². The van der Waals surface area contributed by atoms with Gasteiger partial charge < -0.3 is 19.6 Å². The Labute approximate surface area is 209 Å². The van der Waals surface area contributed by atoms with Crippen molar-refractivity contribution in [3.63, 3.8) is 0 Å². The van der Waals surface area contributed by atoms with Crippen molar-refractivity contribution in [2.75, 3.05) is 6.61 Å². The van der Waals surface area contributed by atoms with Crippen LogP contribution in [0.1, 0.15) is 39.5 Å². The first kappa shape index (κ1) is 24.7. The zero-order valence-electron chi connectivity index (χ0n) is 19.9. The van der Waals surface area contributed by atoms with Crippen molar-refractivity contribution in [2.24, 2.45) is 0 Å². The number of carboxylic acid groups (broad SMARTS) is 1. The summed E-state index contributed by atoms with van der Waals surface area (Å²) >= 11 is 0. The van der Waals surface area contributed by atoms with E-state index < -0.39 is 5.97 Å². The standard InChI is InChI=1S/C28H27N3O5/c1-19-23(31-28(36-19)21-7-3-2-4-8-21)14-16-35-25-12-10-20(11-13-26(32)33)17-22(25)18-30-27(34)24-9-5-6-15-29-24/h2-10,12,15,17H,11,13-14,16,18H2,1H3,(H,30,34)(H,32,33). The minimum atomic E-state index is -0.863. The summed E-state index contributed by atoms with van der Waals surface area (Å²) < 4.78 is 11.9. The maximum Gasteiger partial charge on any atom is 0.303 e. The third-order valence-electron chi connectivity index (χ3n) is 5.60. The van der Waals surface area contributed by atoms with E-state index in [0.717, 1.165) is 28.1 Å². The van der Waals surface area contributed by atoms with Gasteiger partial charge in [0.05, 0.1) is 12.3 Å². The molecular formula is C28H27N3O5. The van der Waals surface area contributed by atoms with Crippen molar-refractivity contribution in [3.8, 4) is 17.2 Å². The molecule has 0 aliphatic carbocycles. The fourth-order valence-corrected chi connectivity index (χ4v) is 3.70. The van der Waals surface area contributed by atoms with Crippen LogP contribution in [0.25, 0.3) is 11.5 Å². The predicted molar refractivity (Wildman–Crippen MR) is 134 cm³/mol. The highest BCUT2D eigenvalue weighted by Crippen LogP contribution is 2.24. The molecule has 2 N–H and O–H groups in total. The zero-order valence-corrected chi connectivity index (χ0v) is 19.9. The largest absolute Gasteiger partial charge is 0.493 e. The number of nitrogens with zero attached hydrogens (tertiary/aromatic N) is 2. The number of hydrogen-bond donors (Lipinski definition) is 2. The number of carbonyl (C=O) groups excluding carboxylic acids is 1. The number of aryl methyl sites for hydroxylation is 2. The van der Waals surface area contributed by atoms with Gasteiger partial charge in [-0.15, -0.1) is 0 Å². The third-order valence-corrected chi connectivity index (χ3v) is 5.60. The molecule has 2 aromatic carbocycles. The number of hydrogen-bond acceptors (Lipinski definition) is 6. The van der Waals surface area contributed by atoms with Crippen LogP contribution in [0, 0.1) is 6.92 Å². The molecule has 0 unspecified atom stereocenters. The number of rotatable bonds is 11. The Morgan fingerprint density at radius 1 is 1.03 bits per heavy atom. The SMILES string of the molecule is Cc1oc(-c2ccccc2)nc1CCOc1ccc(CCC(=O)O)cc1CNC(=O)c1ccccn1. The van der Waals surface area contributed by atoms with E-state index in [0.29, 0.717) is 36.8 Å². The number of nitrogens with one attached hydrogen (secondary N) is 1. The number of aromatic nitrogens is 2. The first-order valence-electron chi connectivity index (χ1n) is 11.7. The first-order valence-corrected chi connectivity index (χ1v) is 11.7. The number of carbonyl (C=O) groups is 2. The van der Waals surface area contributed by atoms with Crippen LogP contribution in [0.15, 0.2) is 77.3 Å². The molecule has 0 saturated heterocycles. The van der Waals surface area contributed by atoms with Crippen molar-refractivity contribution in [2.45, 2.75) is 32.7 Å². The van der Waals surface area contributed by atoms with E-state index in [1.54, 1.807) is 24.4 Å². The Balaban J connectivity index is 1.44. The summed E-state index contributed by atoms with van der Waals surface area (Å²) in [7, 11) is 0. The monoisotopic (exact) mass is 485 g/mol. The Morgan fingerprint density at radius 3 is 2.58 bits per heavy atom. The molecule has 184 valence electrons. The lowest BCUT2D eigenvalue weighted by atomic mass is 10.1. The summed E-state index contributed by atoms with van der Waals surface area (Å²) in [5, 5.41) is 11.9. The van der Waals surface area contributed by atoms with E-state index in [4.69, 9.17) is 14.3 Å². The van der Waals surface area contributed by atoms with Crippen molar-refractivity contribution in [3.05, 3.63) is 101 Å². The van der Waals surface area contributed by atoms with Crippen LogP contribution in [-0.2, 0) is 24.2 Å². The second kappa shape index (κ2) is 11.8. The number of carboxylic acids is 1. The second-order valence-corrected chi connectivity index (χ2v) is 8.22. The van der Waals surface area contributed by atoms with E-state index >= 15 is 0 Å². The Morgan fingerprint density at radius 2 is 1.83 bits per heavy atom. The molecule has 0 radical (unpaired) electrons. The van der Waals surface area contributed by atoms with E-state index in [1.807, 2.05) is 55.5 Å². The Hall–Kier alpha value is -4.46. The maximum atomic E-state index is 12.5. The zero-order chi connectivity index (χ0) is 25.3. The quantitative estimate of drug-likeness (QED) is 0.319. The maximum absolute atomic E-state index is 12.5. The molecule has 0 spiro atoms. The normalized spacial score (nSPS) is 10.7. The summed E-state index contributed by atoms with van der Waals surface area (Å²) in [5.41, 5.74) is 3.65. The molecule has 0 saturated carbocycles. The minimum Gasteiger partial charge on any atom is -0.493 e. The summed E-state index contributed by atoms with van der Waals surface area (Å²) in [5.74, 6) is 0.760. The van der Waals surface area contributed by atoms with Gasteiger partial charge in [0.1, 0.15) is 17.2 Å². The van der Waals surface area contributed by atoms with Crippen LogP contribution < -0.4 is 10.1 Å². The lowest BCUT2D eigenvalue weighted by Crippen LogP contribution is -2.24.